The molecule has 3 aromatic rings. The second-order valence-corrected chi connectivity index (χ2v) is 15.2. The summed E-state index contributed by atoms with van der Waals surface area (Å²) < 4.78 is 19.7. The van der Waals surface area contributed by atoms with Gasteiger partial charge in [0.1, 0.15) is 29.9 Å². The summed E-state index contributed by atoms with van der Waals surface area (Å²) >= 11 is 0. The smallest absolute Gasteiger partial charge is 0.239 e. The van der Waals surface area contributed by atoms with Crippen molar-refractivity contribution in [1.29, 1.82) is 0 Å². The number of phenols is 1. The first kappa shape index (κ1) is 41.0. The van der Waals surface area contributed by atoms with E-state index in [1.807, 2.05) is 71.6 Å². The van der Waals surface area contributed by atoms with E-state index in [1.165, 1.54) is 0 Å². The van der Waals surface area contributed by atoms with Gasteiger partial charge >= 0.3 is 0 Å². The van der Waals surface area contributed by atoms with Gasteiger partial charge in [-0.1, -0.05) is 79.5 Å². The number of rotatable bonds is 20. The van der Waals surface area contributed by atoms with Crippen LogP contribution in [0.25, 0.3) is 0 Å². The van der Waals surface area contributed by atoms with Crippen LogP contribution in [-0.2, 0) is 27.4 Å². The summed E-state index contributed by atoms with van der Waals surface area (Å²) in [6.07, 6.45) is 9.88. The molecular weight excluding hydrogens is 709 g/mol. The minimum atomic E-state index is -1.35. The van der Waals surface area contributed by atoms with E-state index in [0.29, 0.717) is 43.7 Å². The molecule has 1 fully saturated rings. The average molecular weight is 767 g/mol. The van der Waals surface area contributed by atoms with Crippen LogP contribution in [0, 0.1) is 17.8 Å². The predicted octanol–water partition coefficient (Wildman–Crippen LogP) is 7.72. The van der Waals surface area contributed by atoms with E-state index in [4.69, 9.17) is 24.2 Å². The standard InChI is InChI=1S/C46H58N2O8/c1-4-22-48(43(52)27-33-16-13-18-36(26-33)53-3)42-30-40(47-55-31-32-14-7-6-8-15-32)38-28-34(17-9-11-23-49)37(19-10-12-24-50)44-39-29-35(51)20-21-41(39)56-46(42,45(38)44)54-25-5-2/h5-8,13-16,18,20-21,26,28-29,34,37,42,44-45,49-51H,2,4,9-12,17,19,22-25,27,30-31H2,1,3H3/t34-,37+,42-,44+,45+,46+/m0/s1. The zero-order valence-corrected chi connectivity index (χ0v) is 32.9. The molecule has 10 nitrogen and oxygen atoms in total. The quantitative estimate of drug-likeness (QED) is 0.0606. The largest absolute Gasteiger partial charge is 0.508 e. The number of nitrogens with zero attached hydrogens (tertiary/aromatic N) is 2. The molecule has 1 aliphatic heterocycles. The van der Waals surface area contributed by atoms with Crippen LogP contribution in [0.15, 0.2) is 102 Å². The van der Waals surface area contributed by atoms with E-state index < -0.39 is 17.7 Å². The first-order chi connectivity index (χ1) is 27.4. The highest BCUT2D eigenvalue weighted by Crippen LogP contribution is 2.62. The molecule has 56 heavy (non-hydrogen) atoms. The van der Waals surface area contributed by atoms with Crippen molar-refractivity contribution in [3.05, 3.63) is 114 Å². The SMILES string of the molecule is C=CCO[C@@]12Oc3ccc(O)cc3[C@H]3[C@H](CCCCO)[C@@H](CCCCO)C=C(C(=NOCc4ccccc4)C[C@@H]1N(CCC)C(=O)Cc1cccc(OC)c1)[C@H]32. The maximum absolute atomic E-state index is 14.8. The van der Waals surface area contributed by atoms with Crippen LogP contribution in [0.5, 0.6) is 17.2 Å². The maximum atomic E-state index is 14.8. The number of ether oxygens (including phenoxy) is 3. The zero-order valence-electron chi connectivity index (χ0n) is 32.9. The number of methoxy groups -OCH3 is 1. The summed E-state index contributed by atoms with van der Waals surface area (Å²) in [6, 6.07) is 22.1. The monoisotopic (exact) mass is 766 g/mol. The molecule has 6 atom stereocenters. The van der Waals surface area contributed by atoms with Crippen molar-refractivity contribution < 1.29 is 39.2 Å². The number of aliphatic hydroxyl groups excluding tert-OH is 2. The number of hydrogen-bond acceptors (Lipinski definition) is 9. The molecule has 0 aromatic heterocycles. The molecule has 3 aliphatic rings. The third kappa shape index (κ3) is 8.98. The van der Waals surface area contributed by atoms with Gasteiger partial charge in [0.2, 0.25) is 11.7 Å². The van der Waals surface area contributed by atoms with E-state index in [9.17, 15) is 20.1 Å². The van der Waals surface area contributed by atoms with Crippen molar-refractivity contribution in [3.8, 4) is 17.2 Å². The average Bonchev–Trinajstić information content (AvgIpc) is 3.21. The van der Waals surface area contributed by atoms with Gasteiger partial charge in [-0.3, -0.25) is 4.79 Å². The summed E-state index contributed by atoms with van der Waals surface area (Å²) in [5, 5.41) is 35.5. The van der Waals surface area contributed by atoms with Gasteiger partial charge in [-0.05, 0) is 91.0 Å². The molecule has 1 amide bonds. The molecule has 2 aliphatic carbocycles. The normalized spacial score (nSPS) is 24.3. The molecule has 3 N–H and O–H groups in total. The predicted molar refractivity (Wildman–Crippen MR) is 217 cm³/mol. The van der Waals surface area contributed by atoms with Gasteiger partial charge in [-0.15, -0.1) is 6.58 Å². The maximum Gasteiger partial charge on any atom is 0.239 e. The summed E-state index contributed by atoms with van der Waals surface area (Å²) in [5.74, 6) is -0.460. The fourth-order valence-electron chi connectivity index (χ4n) is 9.17. The number of phenolic OH excluding ortho intramolecular Hbond substituents is 1. The van der Waals surface area contributed by atoms with Crippen LogP contribution in [-0.4, -0.2) is 77.1 Å². The van der Waals surface area contributed by atoms with Crippen molar-refractivity contribution in [2.45, 2.75) is 89.1 Å². The van der Waals surface area contributed by atoms with E-state index in [1.54, 1.807) is 19.3 Å². The molecule has 0 radical (unpaired) electrons. The lowest BCUT2D eigenvalue weighted by molar-refractivity contribution is -0.257. The Morgan fingerprint density at radius 1 is 1.00 bits per heavy atom. The third-order valence-corrected chi connectivity index (χ3v) is 11.6. The van der Waals surface area contributed by atoms with E-state index in [2.05, 4.69) is 19.6 Å². The molecule has 0 saturated heterocycles. The second-order valence-electron chi connectivity index (χ2n) is 15.2. The number of carbonyl (C=O) groups is 1. The molecule has 1 saturated carbocycles. The number of carbonyl (C=O) groups excluding carboxylic acids is 1. The Hall–Kier alpha value is -4.64. The van der Waals surface area contributed by atoms with Crippen LogP contribution in [0.3, 0.4) is 0 Å². The van der Waals surface area contributed by atoms with Crippen molar-refractivity contribution in [3.63, 3.8) is 0 Å². The van der Waals surface area contributed by atoms with Crippen molar-refractivity contribution in [1.82, 2.24) is 4.90 Å². The highest BCUT2D eigenvalue weighted by Gasteiger charge is 2.65. The molecular formula is C46H58N2O8. The molecule has 0 unspecified atom stereocenters. The Labute approximate surface area is 331 Å². The number of allylic oxidation sites excluding steroid dienone is 1. The summed E-state index contributed by atoms with van der Waals surface area (Å²) in [7, 11) is 1.62. The topological polar surface area (TPSA) is 130 Å². The molecule has 3 aromatic carbocycles. The zero-order chi connectivity index (χ0) is 39.5. The molecule has 0 spiro atoms. The molecule has 0 bridgehead atoms. The van der Waals surface area contributed by atoms with Crippen molar-refractivity contribution in [2.75, 3.05) is 33.5 Å². The summed E-state index contributed by atoms with van der Waals surface area (Å²) in [6.45, 7) is 7.20. The Morgan fingerprint density at radius 3 is 2.50 bits per heavy atom. The molecule has 6 rings (SSSR count). The highest BCUT2D eigenvalue weighted by molar-refractivity contribution is 6.03. The fourth-order valence-corrected chi connectivity index (χ4v) is 9.17. The van der Waals surface area contributed by atoms with Crippen LogP contribution >= 0.6 is 0 Å². The van der Waals surface area contributed by atoms with E-state index in [-0.39, 0.29) is 62.3 Å². The number of oxime groups is 1. The number of benzene rings is 3. The minimum Gasteiger partial charge on any atom is -0.508 e. The Balaban J connectivity index is 1.55. The van der Waals surface area contributed by atoms with Gasteiger partial charge < -0.3 is 39.3 Å². The lowest BCUT2D eigenvalue weighted by atomic mass is 9.55. The van der Waals surface area contributed by atoms with Crippen LogP contribution in [0.2, 0.25) is 0 Å². The lowest BCUT2D eigenvalue weighted by Crippen LogP contribution is -2.70. The highest BCUT2D eigenvalue weighted by atomic mass is 16.7. The first-order valence-corrected chi connectivity index (χ1v) is 20.2. The van der Waals surface area contributed by atoms with Gasteiger partial charge in [-0.25, -0.2) is 0 Å². The Kier molecular flexibility index (Phi) is 14.3. The molecule has 10 heteroatoms. The van der Waals surface area contributed by atoms with Crippen LogP contribution in [0.4, 0.5) is 0 Å². The number of fused-ring (bicyclic) bond motifs is 2. The van der Waals surface area contributed by atoms with Crippen molar-refractivity contribution >= 4 is 11.6 Å². The summed E-state index contributed by atoms with van der Waals surface area (Å²) in [5.41, 5.74) is 4.41. The van der Waals surface area contributed by atoms with Crippen molar-refractivity contribution in [2.24, 2.45) is 22.9 Å². The van der Waals surface area contributed by atoms with E-state index >= 15 is 0 Å². The van der Waals surface area contributed by atoms with Crippen LogP contribution < -0.4 is 9.47 Å². The van der Waals surface area contributed by atoms with Gasteiger partial charge in [0.15, 0.2) is 0 Å². The Bertz CT molecular complexity index is 1830. The summed E-state index contributed by atoms with van der Waals surface area (Å²) in [4.78, 5) is 22.9. The van der Waals surface area contributed by atoms with E-state index in [0.717, 1.165) is 53.7 Å². The minimum absolute atomic E-state index is 0.0718. The molecule has 300 valence electrons. The number of aliphatic hydroxyl groups is 2. The fraction of sp³-hybridized carbons (Fsp3) is 0.478. The first-order valence-electron chi connectivity index (χ1n) is 20.2. The van der Waals surface area contributed by atoms with Gasteiger partial charge in [0.25, 0.3) is 0 Å². The lowest BCUT2D eigenvalue weighted by Gasteiger charge is -2.60. The number of unbranched alkanes of at least 4 members (excludes halogenated alkanes) is 2. The third-order valence-electron chi connectivity index (χ3n) is 11.6. The van der Waals surface area contributed by atoms with Crippen LogP contribution in [0.1, 0.15) is 80.9 Å². The number of aromatic hydroxyl groups is 1. The number of hydrogen-bond donors (Lipinski definition) is 3. The molecule has 1 heterocycles. The van der Waals surface area contributed by atoms with Gasteiger partial charge in [0.05, 0.1) is 31.8 Å². The van der Waals surface area contributed by atoms with Gasteiger partial charge in [0, 0.05) is 37.7 Å². The number of amides is 1. The second kappa shape index (κ2) is 19.5. The Morgan fingerprint density at radius 2 is 1.77 bits per heavy atom. The van der Waals surface area contributed by atoms with Gasteiger partial charge in [-0.2, -0.15) is 0 Å².